The molecule has 0 aromatic heterocycles. The predicted octanol–water partition coefficient (Wildman–Crippen LogP) is 1.52. The first-order chi connectivity index (χ1) is 16.3. The topological polar surface area (TPSA) is 164 Å². The molecule has 0 saturated heterocycles. The summed E-state index contributed by atoms with van der Waals surface area (Å²) >= 11 is 0. The summed E-state index contributed by atoms with van der Waals surface area (Å²) in [6.45, 7) is 3.36. The molecule has 0 aliphatic heterocycles. The quantitative estimate of drug-likeness (QED) is 0.386. The van der Waals surface area contributed by atoms with E-state index in [1.54, 1.807) is 6.08 Å². The van der Waals surface area contributed by atoms with Crippen LogP contribution in [0, 0.1) is 28.6 Å². The van der Waals surface area contributed by atoms with Crippen molar-refractivity contribution in [3.8, 4) is 0 Å². The van der Waals surface area contributed by atoms with Gasteiger partial charge in [-0.05, 0) is 74.2 Å². The Morgan fingerprint density at radius 3 is 2.60 bits per heavy atom. The third-order valence-corrected chi connectivity index (χ3v) is 9.83. The van der Waals surface area contributed by atoms with Gasteiger partial charge in [0.25, 0.3) is 0 Å². The third kappa shape index (κ3) is 4.15. The molecule has 4 unspecified atom stereocenters. The number of ether oxygens (including phenoxy) is 1. The zero-order valence-corrected chi connectivity index (χ0v) is 20.5. The van der Waals surface area contributed by atoms with Crippen molar-refractivity contribution in [1.82, 2.24) is 0 Å². The molecular formula is C26H37NO8. The molecule has 0 aromatic rings. The second-order valence-corrected chi connectivity index (χ2v) is 11.5. The van der Waals surface area contributed by atoms with Crippen molar-refractivity contribution in [3.05, 3.63) is 11.6 Å². The number of nitrogens with two attached hydrogens (primary N) is 1. The average Bonchev–Trinajstić information content (AvgIpc) is 3.06. The van der Waals surface area contributed by atoms with Crippen LogP contribution in [0.3, 0.4) is 0 Å². The lowest BCUT2D eigenvalue weighted by atomic mass is 9.45. The van der Waals surface area contributed by atoms with Crippen LogP contribution in [-0.4, -0.2) is 63.2 Å². The zero-order valence-electron chi connectivity index (χ0n) is 20.5. The lowest BCUT2D eigenvalue weighted by Crippen LogP contribution is -2.62. The van der Waals surface area contributed by atoms with Crippen molar-refractivity contribution in [3.63, 3.8) is 0 Å². The highest BCUT2D eigenvalue weighted by Crippen LogP contribution is 2.67. The molecule has 0 heterocycles. The molecule has 9 nitrogen and oxygen atoms in total. The number of carbonyl (C=O) groups is 4. The highest BCUT2D eigenvalue weighted by atomic mass is 16.5. The Morgan fingerprint density at radius 2 is 1.91 bits per heavy atom. The number of carbonyl (C=O) groups excluding carboxylic acids is 3. The summed E-state index contributed by atoms with van der Waals surface area (Å²) in [7, 11) is 0. The summed E-state index contributed by atoms with van der Waals surface area (Å²) < 4.78 is 5.06. The molecule has 3 fully saturated rings. The highest BCUT2D eigenvalue weighted by molar-refractivity contribution is 5.92. The molecule has 4 rings (SSSR count). The van der Waals surface area contributed by atoms with Gasteiger partial charge in [-0.3, -0.25) is 19.2 Å². The van der Waals surface area contributed by atoms with E-state index in [1.807, 2.05) is 6.92 Å². The van der Waals surface area contributed by atoms with Gasteiger partial charge in [0.2, 0.25) is 5.78 Å². The van der Waals surface area contributed by atoms with E-state index >= 15 is 0 Å². The summed E-state index contributed by atoms with van der Waals surface area (Å²) in [5.41, 5.74) is 3.91. The smallest absolute Gasteiger partial charge is 0.323 e. The van der Waals surface area contributed by atoms with E-state index in [4.69, 9.17) is 15.6 Å². The molecule has 0 aromatic carbocycles. The minimum atomic E-state index is -1.74. The fourth-order valence-electron chi connectivity index (χ4n) is 7.91. The van der Waals surface area contributed by atoms with E-state index in [1.165, 1.54) is 0 Å². The van der Waals surface area contributed by atoms with Gasteiger partial charge < -0.3 is 25.8 Å². The monoisotopic (exact) mass is 491 g/mol. The van der Waals surface area contributed by atoms with E-state index < -0.39 is 47.5 Å². The SMILES string of the molecule is C[C@]12CCC(=O)C=C1CCC1C2C(O)C[C@@]2(C)C1CC[C@]2(O)C(=O)COC(=O)[C@H](N)CCC(=O)O. The lowest BCUT2D eigenvalue weighted by molar-refractivity contribution is -0.184. The van der Waals surface area contributed by atoms with Gasteiger partial charge in [-0.2, -0.15) is 0 Å². The van der Waals surface area contributed by atoms with Crippen LogP contribution in [0.15, 0.2) is 11.6 Å². The number of allylic oxidation sites excluding steroid dienone is 1. The Morgan fingerprint density at radius 1 is 1.20 bits per heavy atom. The number of aliphatic hydroxyl groups excluding tert-OH is 1. The number of carboxylic acid groups (broad SMARTS) is 1. The summed E-state index contributed by atoms with van der Waals surface area (Å²) in [6, 6.07) is -1.16. The van der Waals surface area contributed by atoms with Crippen LogP contribution in [0.2, 0.25) is 0 Å². The molecule has 0 bridgehead atoms. The van der Waals surface area contributed by atoms with E-state index in [-0.39, 0.29) is 54.6 Å². The van der Waals surface area contributed by atoms with E-state index in [9.17, 15) is 29.4 Å². The van der Waals surface area contributed by atoms with Crippen LogP contribution in [0.5, 0.6) is 0 Å². The Bertz CT molecular complexity index is 961. The number of esters is 1. The molecule has 9 heteroatoms. The molecule has 5 N–H and O–H groups in total. The number of ketones is 2. The van der Waals surface area contributed by atoms with Crippen molar-refractivity contribution in [2.24, 2.45) is 34.3 Å². The molecule has 4 aliphatic carbocycles. The second kappa shape index (κ2) is 9.09. The Labute approximate surface area is 205 Å². The van der Waals surface area contributed by atoms with Gasteiger partial charge in [-0.15, -0.1) is 0 Å². The summed E-state index contributed by atoms with van der Waals surface area (Å²) in [4.78, 5) is 48.1. The first-order valence-electron chi connectivity index (χ1n) is 12.6. The summed E-state index contributed by atoms with van der Waals surface area (Å²) in [6.07, 6.45) is 4.51. The first kappa shape index (κ1) is 26.0. The molecule has 0 amide bonds. The van der Waals surface area contributed by atoms with Crippen LogP contribution < -0.4 is 5.73 Å². The van der Waals surface area contributed by atoms with Crippen molar-refractivity contribution in [2.45, 2.75) is 89.4 Å². The number of Topliss-reactive ketones (excluding diaryl/α,β-unsaturated/α-hetero) is 1. The van der Waals surface area contributed by atoms with Crippen molar-refractivity contribution < 1.29 is 39.2 Å². The van der Waals surface area contributed by atoms with Gasteiger partial charge >= 0.3 is 11.9 Å². The van der Waals surface area contributed by atoms with Gasteiger partial charge in [0, 0.05) is 18.3 Å². The highest BCUT2D eigenvalue weighted by Gasteiger charge is 2.68. The van der Waals surface area contributed by atoms with Crippen molar-refractivity contribution in [1.29, 1.82) is 0 Å². The molecule has 4 aliphatic rings. The number of aliphatic hydroxyl groups is 2. The maximum absolute atomic E-state index is 13.2. The van der Waals surface area contributed by atoms with Crippen LogP contribution in [0.4, 0.5) is 0 Å². The van der Waals surface area contributed by atoms with E-state index in [2.05, 4.69) is 6.92 Å². The Balaban J connectivity index is 1.49. The van der Waals surface area contributed by atoms with Crippen molar-refractivity contribution >= 4 is 23.5 Å². The molecule has 194 valence electrons. The number of rotatable bonds is 7. The molecule has 0 radical (unpaired) electrons. The Hall–Kier alpha value is -2.10. The molecule has 8 atom stereocenters. The van der Waals surface area contributed by atoms with Gasteiger partial charge in [0.15, 0.2) is 12.4 Å². The largest absolute Gasteiger partial charge is 0.481 e. The first-order valence-corrected chi connectivity index (χ1v) is 12.6. The van der Waals surface area contributed by atoms with Gasteiger partial charge in [-0.25, -0.2) is 0 Å². The van der Waals surface area contributed by atoms with E-state index in [0.717, 1.165) is 18.4 Å². The second-order valence-electron chi connectivity index (χ2n) is 11.5. The number of aliphatic carboxylic acids is 1. The van der Waals surface area contributed by atoms with Gasteiger partial charge in [0.1, 0.15) is 11.6 Å². The molecule has 35 heavy (non-hydrogen) atoms. The maximum Gasteiger partial charge on any atom is 0.323 e. The minimum Gasteiger partial charge on any atom is -0.481 e. The predicted molar refractivity (Wildman–Crippen MR) is 124 cm³/mol. The molecule has 3 saturated carbocycles. The maximum atomic E-state index is 13.2. The standard InChI is InChI=1S/C26H37NO8/c1-24-9-7-15(28)11-14(24)3-4-16-17-8-10-26(34,25(17,2)12-19(29)22(16)24)20(30)13-35-23(33)18(27)5-6-21(31)32/h11,16-19,22,29,34H,3-10,12-13,27H2,1-2H3,(H,31,32)/t16?,17?,18-,19?,22?,24+,25+,26+/m1/s1. The van der Waals surface area contributed by atoms with Crippen LogP contribution in [-0.2, 0) is 23.9 Å². The number of fused-ring (bicyclic) bond motifs is 5. The van der Waals surface area contributed by atoms with Crippen LogP contribution in [0.1, 0.15) is 71.6 Å². The number of hydrogen-bond acceptors (Lipinski definition) is 8. The molecule has 0 spiro atoms. The summed E-state index contributed by atoms with van der Waals surface area (Å²) in [5.74, 6) is -2.32. The minimum absolute atomic E-state index is 0.0226. The third-order valence-electron chi connectivity index (χ3n) is 9.83. The number of hydrogen-bond donors (Lipinski definition) is 4. The van der Waals surface area contributed by atoms with Crippen LogP contribution >= 0.6 is 0 Å². The fourth-order valence-corrected chi connectivity index (χ4v) is 7.91. The van der Waals surface area contributed by atoms with Gasteiger partial charge in [0.05, 0.1) is 6.10 Å². The lowest BCUT2D eigenvalue weighted by Gasteiger charge is -2.60. The van der Waals surface area contributed by atoms with Gasteiger partial charge in [-0.1, -0.05) is 19.4 Å². The van der Waals surface area contributed by atoms with Crippen LogP contribution in [0.25, 0.3) is 0 Å². The van der Waals surface area contributed by atoms with Crippen molar-refractivity contribution in [2.75, 3.05) is 6.61 Å². The normalized spacial score (nSPS) is 41.2. The molecular weight excluding hydrogens is 454 g/mol. The average molecular weight is 492 g/mol. The zero-order chi connectivity index (χ0) is 25.8. The Kier molecular flexibility index (Phi) is 6.74. The van der Waals surface area contributed by atoms with E-state index in [0.29, 0.717) is 19.3 Å². The number of carboxylic acids is 1. The fraction of sp³-hybridized carbons (Fsp3) is 0.769. The summed E-state index contributed by atoms with van der Waals surface area (Å²) in [5, 5.41) is 31.8.